The monoisotopic (exact) mass is 403 g/mol. The van der Waals surface area contributed by atoms with Gasteiger partial charge in [0, 0.05) is 30.4 Å². The maximum Gasteiger partial charge on any atom is 0.254 e. The average Bonchev–Trinajstić information content (AvgIpc) is 3.20. The molecule has 30 heavy (non-hydrogen) atoms. The summed E-state index contributed by atoms with van der Waals surface area (Å²) in [5.74, 6) is -0.138. The van der Waals surface area contributed by atoms with Crippen LogP contribution in [0.2, 0.25) is 0 Å². The number of aromatic nitrogens is 2. The second-order valence-electron chi connectivity index (χ2n) is 7.26. The SMILES string of the molecule is Cc1ccc(-c2nn(-c3ccccc3)cc2/C=N/NC(=O)CN2CCOCC2)cc1. The molecule has 1 aromatic heterocycles. The summed E-state index contributed by atoms with van der Waals surface area (Å²) in [6, 6.07) is 18.1. The van der Waals surface area contributed by atoms with Crippen LogP contribution in [0.25, 0.3) is 16.9 Å². The number of benzene rings is 2. The highest BCUT2D eigenvalue weighted by molar-refractivity contribution is 5.89. The van der Waals surface area contributed by atoms with E-state index in [4.69, 9.17) is 9.84 Å². The summed E-state index contributed by atoms with van der Waals surface area (Å²) >= 11 is 0. The van der Waals surface area contributed by atoms with Gasteiger partial charge >= 0.3 is 0 Å². The van der Waals surface area contributed by atoms with Crippen molar-refractivity contribution in [2.24, 2.45) is 5.10 Å². The number of carbonyl (C=O) groups is 1. The van der Waals surface area contributed by atoms with E-state index in [0.717, 1.165) is 35.6 Å². The van der Waals surface area contributed by atoms with Crippen molar-refractivity contribution < 1.29 is 9.53 Å². The van der Waals surface area contributed by atoms with Gasteiger partial charge in [-0.15, -0.1) is 0 Å². The molecule has 4 rings (SSSR count). The molecule has 0 spiro atoms. The van der Waals surface area contributed by atoms with Crippen LogP contribution in [0.3, 0.4) is 0 Å². The number of aryl methyl sites for hydroxylation is 1. The Hall–Kier alpha value is -3.29. The normalized spacial score (nSPS) is 14.8. The number of nitrogens with one attached hydrogen (secondary N) is 1. The third kappa shape index (κ3) is 5.00. The lowest BCUT2D eigenvalue weighted by molar-refractivity contribution is -0.123. The largest absolute Gasteiger partial charge is 0.379 e. The molecular formula is C23H25N5O2. The lowest BCUT2D eigenvalue weighted by Crippen LogP contribution is -2.42. The number of hydrogen-bond acceptors (Lipinski definition) is 5. The van der Waals surface area contributed by atoms with Crippen molar-refractivity contribution in [1.82, 2.24) is 20.1 Å². The summed E-state index contributed by atoms with van der Waals surface area (Å²) in [6.07, 6.45) is 3.57. The van der Waals surface area contributed by atoms with Crippen LogP contribution < -0.4 is 5.43 Å². The second-order valence-corrected chi connectivity index (χ2v) is 7.26. The Morgan fingerprint density at radius 3 is 2.60 bits per heavy atom. The minimum atomic E-state index is -0.138. The van der Waals surface area contributed by atoms with Crippen molar-refractivity contribution in [2.75, 3.05) is 32.8 Å². The van der Waals surface area contributed by atoms with E-state index in [1.54, 1.807) is 6.21 Å². The standard InChI is InChI=1S/C23H25N5O2/c1-18-7-9-19(10-8-18)23-20(16-28(26-23)21-5-3-2-4-6-21)15-24-25-22(29)17-27-11-13-30-14-12-27/h2-10,15-16H,11-14,17H2,1H3,(H,25,29)/b24-15+. The molecule has 0 saturated carbocycles. The van der Waals surface area contributed by atoms with Crippen molar-refractivity contribution in [1.29, 1.82) is 0 Å². The number of ether oxygens (including phenoxy) is 1. The first kappa shape index (κ1) is 20.0. The Kier molecular flexibility index (Phi) is 6.32. The first-order valence-electron chi connectivity index (χ1n) is 10.0. The minimum absolute atomic E-state index is 0.138. The predicted molar refractivity (Wildman–Crippen MR) is 117 cm³/mol. The average molecular weight is 403 g/mol. The van der Waals surface area contributed by atoms with Gasteiger partial charge in [-0.2, -0.15) is 10.2 Å². The lowest BCUT2D eigenvalue weighted by atomic mass is 10.1. The number of hydrogen-bond donors (Lipinski definition) is 1. The Balaban J connectivity index is 1.53. The molecule has 1 N–H and O–H groups in total. The van der Waals surface area contributed by atoms with Crippen LogP contribution in [0.5, 0.6) is 0 Å². The van der Waals surface area contributed by atoms with Gasteiger partial charge < -0.3 is 4.74 Å². The molecule has 1 aliphatic rings. The Morgan fingerprint density at radius 2 is 1.87 bits per heavy atom. The molecule has 1 saturated heterocycles. The maximum atomic E-state index is 12.2. The van der Waals surface area contributed by atoms with Crippen LogP contribution in [-0.2, 0) is 9.53 Å². The highest BCUT2D eigenvalue weighted by Crippen LogP contribution is 2.23. The van der Waals surface area contributed by atoms with Gasteiger partial charge in [-0.25, -0.2) is 10.1 Å². The zero-order chi connectivity index (χ0) is 20.8. The first-order valence-corrected chi connectivity index (χ1v) is 10.0. The van der Waals surface area contributed by atoms with Crippen molar-refractivity contribution in [3.63, 3.8) is 0 Å². The fourth-order valence-electron chi connectivity index (χ4n) is 3.30. The summed E-state index contributed by atoms with van der Waals surface area (Å²) in [5, 5.41) is 8.94. The number of morpholine rings is 1. The van der Waals surface area contributed by atoms with Crippen LogP contribution in [0.15, 0.2) is 65.9 Å². The second kappa shape index (κ2) is 9.47. The molecule has 2 aromatic carbocycles. The van der Waals surface area contributed by atoms with Crippen molar-refractivity contribution in [2.45, 2.75) is 6.92 Å². The molecule has 2 heterocycles. The molecule has 0 bridgehead atoms. The summed E-state index contributed by atoms with van der Waals surface area (Å²) in [7, 11) is 0. The van der Waals surface area contributed by atoms with Crippen LogP contribution in [0.4, 0.5) is 0 Å². The molecule has 0 radical (unpaired) electrons. The molecule has 0 atom stereocenters. The number of rotatable bonds is 6. The van der Waals surface area contributed by atoms with Crippen LogP contribution in [-0.4, -0.2) is 59.7 Å². The zero-order valence-corrected chi connectivity index (χ0v) is 17.0. The molecule has 1 fully saturated rings. The van der Waals surface area contributed by atoms with Crippen LogP contribution in [0, 0.1) is 6.92 Å². The summed E-state index contributed by atoms with van der Waals surface area (Å²) < 4.78 is 7.13. The Labute approximate surface area is 176 Å². The van der Waals surface area contributed by atoms with E-state index < -0.39 is 0 Å². The van der Waals surface area contributed by atoms with Gasteiger partial charge in [0.15, 0.2) is 0 Å². The van der Waals surface area contributed by atoms with E-state index in [1.807, 2.05) is 53.3 Å². The quantitative estimate of drug-likeness (QED) is 0.507. The highest BCUT2D eigenvalue weighted by atomic mass is 16.5. The number of hydrazone groups is 1. The van der Waals surface area contributed by atoms with Crippen molar-refractivity contribution in [3.05, 3.63) is 71.9 Å². The molecule has 154 valence electrons. The van der Waals surface area contributed by atoms with Crippen LogP contribution >= 0.6 is 0 Å². The van der Waals surface area contributed by atoms with E-state index in [9.17, 15) is 4.79 Å². The Morgan fingerprint density at radius 1 is 1.13 bits per heavy atom. The number of amides is 1. The molecule has 3 aromatic rings. The van der Waals surface area contributed by atoms with Gasteiger partial charge in [0.1, 0.15) is 5.69 Å². The van der Waals surface area contributed by atoms with E-state index >= 15 is 0 Å². The third-order valence-electron chi connectivity index (χ3n) is 4.95. The van der Waals surface area contributed by atoms with Crippen molar-refractivity contribution >= 4 is 12.1 Å². The molecule has 7 nitrogen and oxygen atoms in total. The summed E-state index contributed by atoms with van der Waals surface area (Å²) in [4.78, 5) is 14.2. The number of carbonyl (C=O) groups excluding carboxylic acids is 1. The third-order valence-corrected chi connectivity index (χ3v) is 4.95. The van der Waals surface area contributed by atoms with Gasteiger partial charge in [0.2, 0.25) is 0 Å². The fourth-order valence-corrected chi connectivity index (χ4v) is 3.30. The molecule has 1 aliphatic heterocycles. The smallest absolute Gasteiger partial charge is 0.254 e. The zero-order valence-electron chi connectivity index (χ0n) is 17.0. The van der Waals surface area contributed by atoms with Gasteiger partial charge in [-0.05, 0) is 19.1 Å². The lowest BCUT2D eigenvalue weighted by Gasteiger charge is -2.25. The van der Waals surface area contributed by atoms with Crippen molar-refractivity contribution in [3.8, 4) is 16.9 Å². The Bertz CT molecular complexity index is 1010. The summed E-state index contributed by atoms with van der Waals surface area (Å²) in [5.41, 5.74) is 7.41. The van der Waals surface area contributed by atoms with E-state index in [2.05, 4.69) is 34.5 Å². The van der Waals surface area contributed by atoms with Gasteiger partial charge in [0.25, 0.3) is 5.91 Å². The summed E-state index contributed by atoms with van der Waals surface area (Å²) in [6.45, 7) is 5.22. The molecular weight excluding hydrogens is 378 g/mol. The minimum Gasteiger partial charge on any atom is -0.379 e. The topological polar surface area (TPSA) is 71.8 Å². The molecule has 0 aliphatic carbocycles. The van der Waals surface area contributed by atoms with E-state index in [0.29, 0.717) is 19.8 Å². The molecule has 7 heteroatoms. The van der Waals surface area contributed by atoms with Gasteiger partial charge in [-0.1, -0.05) is 48.0 Å². The van der Waals surface area contributed by atoms with Gasteiger partial charge in [0.05, 0.1) is 31.7 Å². The maximum absolute atomic E-state index is 12.2. The predicted octanol–water partition coefficient (Wildman–Crippen LogP) is 2.63. The van der Waals surface area contributed by atoms with Crippen LogP contribution in [0.1, 0.15) is 11.1 Å². The van der Waals surface area contributed by atoms with Gasteiger partial charge in [-0.3, -0.25) is 9.69 Å². The molecule has 1 amide bonds. The van der Waals surface area contributed by atoms with E-state index in [-0.39, 0.29) is 5.91 Å². The molecule has 0 unspecified atom stereocenters. The fraction of sp³-hybridized carbons (Fsp3) is 0.261. The number of para-hydroxylation sites is 1. The number of nitrogens with zero attached hydrogens (tertiary/aromatic N) is 4. The highest BCUT2D eigenvalue weighted by Gasteiger charge is 2.14. The van der Waals surface area contributed by atoms with E-state index in [1.165, 1.54) is 5.56 Å². The first-order chi connectivity index (χ1) is 14.7.